The average molecular weight is 613 g/mol. The Labute approximate surface area is 255 Å². The lowest BCUT2D eigenvalue weighted by molar-refractivity contribution is 0.0174. The maximum Gasteiger partial charge on any atom is 0.323 e. The summed E-state index contributed by atoms with van der Waals surface area (Å²) in [6, 6.07) is 10.4. The smallest absolute Gasteiger partial charge is 0.323 e. The highest BCUT2D eigenvalue weighted by Crippen LogP contribution is 2.27. The van der Waals surface area contributed by atoms with Gasteiger partial charge in [-0.05, 0) is 57.2 Å². The normalized spacial score (nSPS) is 19.4. The number of nitrogens with one attached hydrogen (secondary N) is 3. The van der Waals surface area contributed by atoms with Gasteiger partial charge in [-0.15, -0.1) is 0 Å². The zero-order valence-electron chi connectivity index (χ0n) is 25.1. The van der Waals surface area contributed by atoms with E-state index in [1.807, 2.05) is 13.8 Å². The number of aromatic nitrogens is 1. The molecule has 3 N–H and O–H groups in total. The number of carbonyl (C=O) groups is 3. The van der Waals surface area contributed by atoms with Crippen molar-refractivity contribution in [2.45, 2.75) is 39.8 Å². The molecule has 1 aliphatic rings. The number of rotatable bonds is 4. The third kappa shape index (κ3) is 7.76. The Morgan fingerprint density at radius 1 is 1.05 bits per heavy atom. The molecule has 0 bridgehead atoms. The summed E-state index contributed by atoms with van der Waals surface area (Å²) < 4.78 is 17.1. The Hall–Kier alpha value is -4.29. The van der Waals surface area contributed by atoms with Gasteiger partial charge in [0.25, 0.3) is 5.91 Å². The first-order chi connectivity index (χ1) is 20.5. The van der Waals surface area contributed by atoms with E-state index in [0.29, 0.717) is 45.8 Å². The predicted octanol–water partition coefficient (Wildman–Crippen LogP) is 5.63. The summed E-state index contributed by atoms with van der Waals surface area (Å²) in [5.74, 6) is 0.384. The molecule has 0 radical (unpaired) electrons. The molecule has 1 aliphatic heterocycles. The van der Waals surface area contributed by atoms with Gasteiger partial charge in [0.2, 0.25) is 0 Å². The fourth-order valence-electron chi connectivity index (χ4n) is 4.84. The van der Waals surface area contributed by atoms with Crippen LogP contribution in [-0.4, -0.2) is 78.9 Å². The van der Waals surface area contributed by atoms with Crippen LogP contribution in [0.2, 0.25) is 5.02 Å². The molecule has 4 rings (SSSR count). The van der Waals surface area contributed by atoms with E-state index < -0.39 is 6.03 Å². The lowest BCUT2D eigenvalue weighted by Crippen LogP contribution is -2.50. The van der Waals surface area contributed by atoms with E-state index in [2.05, 4.69) is 21.1 Å². The number of carbonyl (C=O) groups excluding carboxylic acids is 3. The molecule has 3 atom stereocenters. The molecule has 1 aromatic heterocycles. The number of fused-ring (bicyclic) bond motifs is 1. The van der Waals surface area contributed by atoms with Crippen molar-refractivity contribution >= 4 is 46.6 Å². The van der Waals surface area contributed by atoms with Crippen LogP contribution in [0.4, 0.5) is 26.7 Å². The van der Waals surface area contributed by atoms with Crippen LogP contribution >= 0.6 is 11.6 Å². The first-order valence-electron chi connectivity index (χ1n) is 13.9. The second-order valence-corrected chi connectivity index (χ2v) is 11.1. The number of benzene rings is 2. The van der Waals surface area contributed by atoms with Crippen LogP contribution in [-0.2, 0) is 4.74 Å². The summed E-state index contributed by atoms with van der Waals surface area (Å²) in [5, 5.41) is 12.8. The van der Waals surface area contributed by atoms with Gasteiger partial charge in [-0.1, -0.05) is 29.7 Å². The first-order valence-corrected chi connectivity index (χ1v) is 14.2. The quantitative estimate of drug-likeness (QED) is 0.347. The van der Waals surface area contributed by atoms with E-state index in [1.165, 1.54) is 0 Å². The molecule has 0 saturated carbocycles. The summed E-state index contributed by atoms with van der Waals surface area (Å²) in [7, 11) is 3.26. The van der Waals surface area contributed by atoms with Crippen molar-refractivity contribution in [3.8, 4) is 5.75 Å². The molecule has 3 aromatic rings. The van der Waals surface area contributed by atoms with Crippen LogP contribution in [0.1, 0.15) is 35.7 Å². The monoisotopic (exact) mass is 612 g/mol. The summed E-state index contributed by atoms with van der Waals surface area (Å²) in [4.78, 5) is 43.1. The summed E-state index contributed by atoms with van der Waals surface area (Å²) >= 11 is 6.02. The molecule has 13 heteroatoms. The van der Waals surface area contributed by atoms with Gasteiger partial charge in [-0.3, -0.25) is 4.79 Å². The SMILES string of the molecule is CO[C@H]1CN(C)C(=O)c2cc(NC(=O)Nc3cccc(Cl)c3)ccc2OC[C@@H](C)N(C(=O)Nc2c(C)noc2C)C[C@@H]1C. The van der Waals surface area contributed by atoms with E-state index in [9.17, 15) is 14.4 Å². The average Bonchev–Trinajstić information content (AvgIpc) is 3.28. The standard InChI is InChI=1S/C30H37ClN6O6/c1-17-14-37(30(40)34-27-19(3)35-43-20(27)4)18(2)16-42-25-11-10-23(13-24(25)28(38)36(5)15-26(17)41-6)33-29(39)32-22-9-7-8-21(31)12-22/h7-13,17-18,26H,14-16H2,1-6H3,(H,34,40)(H2,32,33,39)/t17-,18+,26-/m0/s1. The molecular formula is C30H37ClN6O6. The second-order valence-electron chi connectivity index (χ2n) is 10.7. The van der Waals surface area contributed by atoms with Crippen molar-refractivity contribution in [2.75, 3.05) is 49.8 Å². The number of likely N-dealkylation sites (N-methyl/N-ethyl adjacent to an activating group) is 1. The zero-order valence-corrected chi connectivity index (χ0v) is 25.8. The fraction of sp³-hybridized carbons (Fsp3) is 0.400. The molecule has 43 heavy (non-hydrogen) atoms. The Balaban J connectivity index is 1.59. The van der Waals surface area contributed by atoms with Crippen LogP contribution < -0.4 is 20.7 Å². The first kappa shape index (κ1) is 31.6. The van der Waals surface area contributed by atoms with E-state index in [-0.39, 0.29) is 48.7 Å². The van der Waals surface area contributed by atoms with E-state index >= 15 is 0 Å². The molecule has 230 valence electrons. The highest BCUT2D eigenvalue weighted by Gasteiger charge is 2.31. The van der Waals surface area contributed by atoms with Gasteiger partial charge in [-0.25, -0.2) is 9.59 Å². The van der Waals surface area contributed by atoms with Crippen LogP contribution in [0, 0.1) is 19.8 Å². The molecule has 0 spiro atoms. The Bertz CT molecular complexity index is 1460. The van der Waals surface area contributed by atoms with Crippen LogP contribution in [0.5, 0.6) is 5.75 Å². The largest absolute Gasteiger partial charge is 0.491 e. The predicted molar refractivity (Wildman–Crippen MR) is 164 cm³/mol. The maximum absolute atomic E-state index is 13.6. The van der Waals surface area contributed by atoms with Gasteiger partial charge in [0.1, 0.15) is 23.7 Å². The number of hydrogen-bond donors (Lipinski definition) is 3. The number of halogens is 1. The molecule has 12 nitrogen and oxygen atoms in total. The van der Waals surface area contributed by atoms with E-state index in [0.717, 1.165) is 0 Å². The highest BCUT2D eigenvalue weighted by molar-refractivity contribution is 6.30. The number of nitrogens with zero attached hydrogens (tertiary/aromatic N) is 3. The Morgan fingerprint density at radius 2 is 1.77 bits per heavy atom. The van der Waals surface area contributed by atoms with Crippen LogP contribution in [0.15, 0.2) is 47.0 Å². The van der Waals surface area contributed by atoms with Gasteiger partial charge in [0, 0.05) is 49.6 Å². The number of aryl methyl sites for hydroxylation is 2. The lowest BCUT2D eigenvalue weighted by atomic mass is 10.0. The molecular weight excluding hydrogens is 576 g/mol. The van der Waals surface area contributed by atoms with Crippen molar-refractivity contribution < 1.29 is 28.4 Å². The minimum atomic E-state index is -0.501. The van der Waals surface area contributed by atoms with Crippen LogP contribution in [0.3, 0.4) is 0 Å². The molecule has 5 amide bonds. The third-order valence-corrected chi connectivity index (χ3v) is 7.55. The summed E-state index contributed by atoms with van der Waals surface area (Å²) in [6.07, 6.45) is -0.371. The Morgan fingerprint density at radius 3 is 2.42 bits per heavy atom. The Kier molecular flexibility index (Phi) is 10.1. The van der Waals surface area contributed by atoms with Crippen molar-refractivity contribution in [1.29, 1.82) is 0 Å². The minimum Gasteiger partial charge on any atom is -0.491 e. The second kappa shape index (κ2) is 13.8. The molecule has 0 unspecified atom stereocenters. The van der Waals surface area contributed by atoms with Crippen molar-refractivity contribution in [2.24, 2.45) is 5.92 Å². The fourth-order valence-corrected chi connectivity index (χ4v) is 5.03. The topological polar surface area (TPSA) is 138 Å². The third-order valence-electron chi connectivity index (χ3n) is 7.31. The molecule has 0 fully saturated rings. The number of amides is 5. The zero-order chi connectivity index (χ0) is 31.3. The summed E-state index contributed by atoms with van der Waals surface area (Å²) in [5.41, 5.74) is 2.26. The van der Waals surface area contributed by atoms with Gasteiger partial charge in [-0.2, -0.15) is 0 Å². The van der Waals surface area contributed by atoms with Crippen LogP contribution in [0.25, 0.3) is 0 Å². The number of ether oxygens (including phenoxy) is 2. The minimum absolute atomic E-state index is 0.103. The van der Waals surface area contributed by atoms with Gasteiger partial charge in [0.15, 0.2) is 5.76 Å². The van der Waals surface area contributed by atoms with Gasteiger partial charge >= 0.3 is 12.1 Å². The summed E-state index contributed by atoms with van der Waals surface area (Å²) in [6.45, 7) is 8.04. The maximum atomic E-state index is 13.6. The van der Waals surface area contributed by atoms with Crippen molar-refractivity contribution in [3.05, 3.63) is 64.5 Å². The number of methoxy groups -OCH3 is 1. The molecule has 0 saturated heterocycles. The number of urea groups is 2. The molecule has 0 aliphatic carbocycles. The van der Waals surface area contributed by atoms with Gasteiger partial charge in [0.05, 0.1) is 17.7 Å². The number of hydrogen-bond acceptors (Lipinski definition) is 7. The molecule has 2 aromatic carbocycles. The van der Waals surface area contributed by atoms with E-state index in [1.54, 1.807) is 80.3 Å². The van der Waals surface area contributed by atoms with Crippen molar-refractivity contribution in [3.63, 3.8) is 0 Å². The highest BCUT2D eigenvalue weighted by atomic mass is 35.5. The van der Waals surface area contributed by atoms with Crippen molar-refractivity contribution in [1.82, 2.24) is 15.0 Å². The molecule has 2 heterocycles. The lowest BCUT2D eigenvalue weighted by Gasteiger charge is -2.36. The van der Waals surface area contributed by atoms with E-state index in [4.69, 9.17) is 25.6 Å². The number of anilines is 3. The van der Waals surface area contributed by atoms with Gasteiger partial charge < -0.3 is 39.7 Å².